The average Bonchev–Trinajstić information content (AvgIpc) is 3.37. The Hall–Kier alpha value is -3.83. The summed E-state index contributed by atoms with van der Waals surface area (Å²) in [5.74, 6) is -0.575. The number of hydrogen-bond acceptors (Lipinski definition) is 7. The van der Waals surface area contributed by atoms with Crippen LogP contribution in [0.4, 0.5) is 0 Å². The molecule has 0 fully saturated rings. The number of carbonyl (C=O) groups is 2. The monoisotopic (exact) mass is 408 g/mol. The molecule has 154 valence electrons. The Labute approximate surface area is 172 Å². The van der Waals surface area contributed by atoms with Crippen LogP contribution in [0.1, 0.15) is 21.9 Å². The maximum Gasteiger partial charge on any atom is 0.373 e. The first kappa shape index (κ1) is 20.9. The zero-order valence-electron chi connectivity index (χ0n) is 16.6. The number of nitriles is 1. The second kappa shape index (κ2) is 9.58. The quantitative estimate of drug-likeness (QED) is 0.244. The van der Waals surface area contributed by atoms with E-state index in [1.54, 1.807) is 12.1 Å². The highest BCUT2D eigenvalue weighted by atomic mass is 16.6. The van der Waals surface area contributed by atoms with Gasteiger partial charge >= 0.3 is 11.9 Å². The molecule has 0 aliphatic heterocycles. The molecule has 0 aliphatic rings. The fraction of sp³-hybridized carbons (Fsp3) is 0.227. The third-order valence-corrected chi connectivity index (χ3v) is 4.35. The number of esters is 2. The Balaban J connectivity index is 1.92. The number of ether oxygens (including phenoxy) is 3. The van der Waals surface area contributed by atoms with Crippen molar-refractivity contribution in [3.05, 3.63) is 65.3 Å². The number of methoxy groups -OCH3 is 2. The van der Waals surface area contributed by atoms with Gasteiger partial charge < -0.3 is 23.2 Å². The van der Waals surface area contributed by atoms with Crippen molar-refractivity contribution in [3.8, 4) is 6.07 Å². The molecule has 0 unspecified atom stereocenters. The lowest BCUT2D eigenvalue weighted by Gasteiger charge is -2.02. The summed E-state index contributed by atoms with van der Waals surface area (Å²) in [6.07, 6.45) is 3.31. The molecule has 30 heavy (non-hydrogen) atoms. The fourth-order valence-electron chi connectivity index (χ4n) is 2.95. The standard InChI is InChI=1S/C22H20N2O6/c1-27-9-10-29-21(25)15(12-23)11-16-13-24(19-6-4-3-5-18(16)19)14-17-7-8-20(30-17)22(26)28-2/h3-8,11,13H,9-10,14H2,1-2H3/b15-11+. The van der Waals surface area contributed by atoms with Crippen LogP contribution in [0.2, 0.25) is 0 Å². The van der Waals surface area contributed by atoms with Crippen LogP contribution >= 0.6 is 0 Å². The SMILES string of the molecule is COCCOC(=O)/C(C#N)=C/c1cn(Cc2ccc(C(=O)OC)o2)c2ccccc12. The van der Waals surface area contributed by atoms with Gasteiger partial charge in [-0.1, -0.05) is 18.2 Å². The molecule has 8 heteroatoms. The van der Waals surface area contributed by atoms with E-state index in [0.717, 1.165) is 10.9 Å². The normalized spacial score (nSPS) is 11.3. The molecule has 0 N–H and O–H groups in total. The van der Waals surface area contributed by atoms with Gasteiger partial charge in [-0.25, -0.2) is 9.59 Å². The number of para-hydroxylation sites is 1. The largest absolute Gasteiger partial charge is 0.463 e. The van der Waals surface area contributed by atoms with E-state index in [4.69, 9.17) is 13.9 Å². The van der Waals surface area contributed by atoms with Gasteiger partial charge in [-0.3, -0.25) is 0 Å². The first-order valence-corrected chi connectivity index (χ1v) is 9.10. The molecular weight excluding hydrogens is 388 g/mol. The van der Waals surface area contributed by atoms with Crippen LogP contribution in [0, 0.1) is 11.3 Å². The molecule has 0 saturated carbocycles. The summed E-state index contributed by atoms with van der Waals surface area (Å²) in [6.45, 7) is 0.670. The Morgan fingerprint density at radius 1 is 1.17 bits per heavy atom. The summed E-state index contributed by atoms with van der Waals surface area (Å²) in [5.41, 5.74) is 1.45. The topological polar surface area (TPSA) is 104 Å². The molecule has 2 aromatic heterocycles. The van der Waals surface area contributed by atoms with Crippen LogP contribution < -0.4 is 0 Å². The van der Waals surface area contributed by atoms with Crippen molar-refractivity contribution in [1.82, 2.24) is 4.57 Å². The van der Waals surface area contributed by atoms with E-state index in [9.17, 15) is 14.9 Å². The fourth-order valence-corrected chi connectivity index (χ4v) is 2.95. The number of benzene rings is 1. The summed E-state index contributed by atoms with van der Waals surface area (Å²) < 4.78 is 22.0. The smallest absolute Gasteiger partial charge is 0.373 e. The number of fused-ring (bicyclic) bond motifs is 1. The second-order valence-electron chi connectivity index (χ2n) is 6.29. The molecule has 0 atom stereocenters. The van der Waals surface area contributed by atoms with Gasteiger partial charge in [-0.05, 0) is 24.3 Å². The van der Waals surface area contributed by atoms with Gasteiger partial charge in [0.1, 0.15) is 24.0 Å². The minimum absolute atomic E-state index is 0.0666. The molecule has 0 bridgehead atoms. The lowest BCUT2D eigenvalue weighted by molar-refractivity contribution is -0.139. The predicted octanol–water partition coefficient (Wildman–Crippen LogP) is 3.17. The summed E-state index contributed by atoms with van der Waals surface area (Å²) >= 11 is 0. The highest BCUT2D eigenvalue weighted by molar-refractivity contribution is 6.01. The van der Waals surface area contributed by atoms with Gasteiger partial charge in [0.05, 0.1) is 20.3 Å². The second-order valence-corrected chi connectivity index (χ2v) is 6.29. The lowest BCUT2D eigenvalue weighted by Crippen LogP contribution is -2.11. The number of nitrogens with zero attached hydrogens (tertiary/aromatic N) is 2. The van der Waals surface area contributed by atoms with Gasteiger partial charge in [0.25, 0.3) is 0 Å². The predicted molar refractivity (Wildman–Crippen MR) is 108 cm³/mol. The summed E-state index contributed by atoms with van der Waals surface area (Å²) in [5, 5.41) is 10.2. The van der Waals surface area contributed by atoms with Crippen LogP contribution in [0.3, 0.4) is 0 Å². The number of aromatic nitrogens is 1. The maximum absolute atomic E-state index is 12.1. The van der Waals surface area contributed by atoms with E-state index in [2.05, 4.69) is 4.74 Å². The third-order valence-electron chi connectivity index (χ3n) is 4.35. The average molecular weight is 408 g/mol. The first-order valence-electron chi connectivity index (χ1n) is 9.10. The van der Waals surface area contributed by atoms with Gasteiger partial charge in [0.2, 0.25) is 5.76 Å². The molecule has 1 aromatic carbocycles. The minimum atomic E-state index is -0.708. The van der Waals surface area contributed by atoms with E-state index in [1.165, 1.54) is 20.3 Å². The maximum atomic E-state index is 12.1. The van der Waals surface area contributed by atoms with E-state index in [0.29, 0.717) is 17.9 Å². The molecule has 0 amide bonds. The number of furan rings is 1. The molecule has 2 heterocycles. The zero-order valence-corrected chi connectivity index (χ0v) is 16.6. The zero-order chi connectivity index (χ0) is 21.5. The third kappa shape index (κ3) is 4.59. The summed E-state index contributed by atoms with van der Waals surface area (Å²) in [7, 11) is 2.78. The van der Waals surface area contributed by atoms with E-state index in [-0.39, 0.29) is 24.5 Å². The Morgan fingerprint density at radius 3 is 2.70 bits per heavy atom. The molecule has 3 aromatic rings. The van der Waals surface area contributed by atoms with Crippen molar-refractivity contribution in [1.29, 1.82) is 5.26 Å². The van der Waals surface area contributed by atoms with Gasteiger partial charge in [0.15, 0.2) is 0 Å². The molecule has 0 saturated heterocycles. The van der Waals surface area contributed by atoms with Gasteiger partial charge in [0, 0.05) is 29.8 Å². The molecule has 3 rings (SSSR count). The Bertz CT molecular complexity index is 1130. The van der Waals surface area contributed by atoms with Crippen molar-refractivity contribution in [3.63, 3.8) is 0 Å². The number of rotatable bonds is 8. The summed E-state index contributed by atoms with van der Waals surface area (Å²) in [4.78, 5) is 23.7. The van der Waals surface area contributed by atoms with E-state index >= 15 is 0 Å². The first-order chi connectivity index (χ1) is 14.6. The van der Waals surface area contributed by atoms with Gasteiger partial charge in [-0.2, -0.15) is 5.26 Å². The van der Waals surface area contributed by atoms with E-state index < -0.39 is 11.9 Å². The van der Waals surface area contributed by atoms with Crippen LogP contribution in [-0.4, -0.2) is 43.9 Å². The molecule has 0 radical (unpaired) electrons. The van der Waals surface area contributed by atoms with Crippen molar-refractivity contribution < 1.29 is 28.2 Å². The highest BCUT2D eigenvalue weighted by Crippen LogP contribution is 2.25. The van der Waals surface area contributed by atoms with Crippen LogP contribution in [0.5, 0.6) is 0 Å². The van der Waals surface area contributed by atoms with Gasteiger partial charge in [-0.15, -0.1) is 0 Å². The van der Waals surface area contributed by atoms with Crippen LogP contribution in [0.25, 0.3) is 17.0 Å². The van der Waals surface area contributed by atoms with Crippen molar-refractivity contribution in [2.24, 2.45) is 0 Å². The van der Waals surface area contributed by atoms with Crippen molar-refractivity contribution in [2.45, 2.75) is 6.54 Å². The minimum Gasteiger partial charge on any atom is -0.463 e. The highest BCUT2D eigenvalue weighted by Gasteiger charge is 2.15. The lowest BCUT2D eigenvalue weighted by atomic mass is 10.1. The molecule has 0 spiro atoms. The molecule has 8 nitrogen and oxygen atoms in total. The number of carbonyl (C=O) groups excluding carboxylic acids is 2. The number of hydrogen-bond donors (Lipinski definition) is 0. The van der Waals surface area contributed by atoms with E-state index in [1.807, 2.05) is 41.1 Å². The van der Waals surface area contributed by atoms with Crippen molar-refractivity contribution in [2.75, 3.05) is 27.4 Å². The summed E-state index contributed by atoms with van der Waals surface area (Å²) in [6, 6.07) is 12.7. The Kier molecular flexibility index (Phi) is 6.67. The molecular formula is C22H20N2O6. The van der Waals surface area contributed by atoms with Crippen LogP contribution in [-0.2, 0) is 25.5 Å². The Morgan fingerprint density at radius 2 is 1.97 bits per heavy atom. The van der Waals surface area contributed by atoms with Crippen LogP contribution in [0.15, 0.2) is 52.6 Å². The molecule has 0 aliphatic carbocycles. The van der Waals surface area contributed by atoms with Crippen molar-refractivity contribution >= 4 is 28.9 Å².